The zero-order valence-electron chi connectivity index (χ0n) is 8.75. The van der Waals surface area contributed by atoms with Gasteiger partial charge in [-0.15, -0.1) is 0 Å². The molecule has 1 rings (SSSR count). The first-order chi connectivity index (χ1) is 6.36. The summed E-state index contributed by atoms with van der Waals surface area (Å²) in [7, 11) is 0.295. The third-order valence-corrected chi connectivity index (χ3v) is 3.15. The van der Waals surface area contributed by atoms with E-state index in [2.05, 4.69) is 10.3 Å². The number of rotatable bonds is 2. The second kappa shape index (κ2) is 3.53. The Morgan fingerprint density at radius 1 is 1.36 bits per heavy atom. The highest BCUT2D eigenvalue weighted by Gasteiger charge is 2.13. The molecule has 0 atom stereocenters. The van der Waals surface area contributed by atoms with Gasteiger partial charge in [-0.2, -0.15) is 10.2 Å². The molecular weight excluding hydrogens is 202 g/mol. The molecular formula is C8H15N3O2S. The number of H-pyrrole nitrogens is 1. The molecule has 1 aromatic rings. The van der Waals surface area contributed by atoms with Crippen molar-refractivity contribution in [3.05, 3.63) is 26.9 Å². The summed E-state index contributed by atoms with van der Waals surface area (Å²) in [5.74, 6) is 0.444. The van der Waals surface area contributed by atoms with Crippen LogP contribution >= 0.6 is 10.2 Å². The van der Waals surface area contributed by atoms with Crippen LogP contribution in [0.15, 0.2) is 15.7 Å². The molecule has 1 aromatic heterocycles. The van der Waals surface area contributed by atoms with Crippen LogP contribution in [-0.4, -0.2) is 34.8 Å². The standard InChI is InChI=1S/C8H15N3O2S/c1-9-6-5-7(12)11(8(13)10-6)14(2,3)4/h5,9H,1-4H3,(H,10,13). The van der Waals surface area contributed by atoms with Crippen molar-refractivity contribution in [2.75, 3.05) is 31.1 Å². The van der Waals surface area contributed by atoms with Gasteiger partial charge in [-0.05, 0) is 18.8 Å². The molecule has 0 spiro atoms. The summed E-state index contributed by atoms with van der Waals surface area (Å²) in [6, 6.07) is 1.39. The van der Waals surface area contributed by atoms with Crippen molar-refractivity contribution in [2.24, 2.45) is 0 Å². The zero-order valence-corrected chi connectivity index (χ0v) is 9.57. The molecule has 80 valence electrons. The lowest BCUT2D eigenvalue weighted by Gasteiger charge is -2.26. The van der Waals surface area contributed by atoms with Gasteiger partial charge in [0.1, 0.15) is 5.82 Å². The lowest BCUT2D eigenvalue weighted by Crippen LogP contribution is -2.36. The van der Waals surface area contributed by atoms with E-state index in [0.29, 0.717) is 5.82 Å². The Morgan fingerprint density at radius 2 is 1.93 bits per heavy atom. The quantitative estimate of drug-likeness (QED) is 0.734. The molecule has 0 aromatic carbocycles. The van der Waals surface area contributed by atoms with Crippen LogP contribution in [-0.2, 0) is 0 Å². The Morgan fingerprint density at radius 3 is 2.29 bits per heavy atom. The molecule has 0 bridgehead atoms. The first kappa shape index (κ1) is 10.9. The minimum Gasteiger partial charge on any atom is -0.374 e. The maximum Gasteiger partial charge on any atom is 0.338 e. The molecule has 0 aliphatic carbocycles. The van der Waals surface area contributed by atoms with Gasteiger partial charge in [0.15, 0.2) is 0 Å². The Hall–Kier alpha value is -1.17. The summed E-state index contributed by atoms with van der Waals surface area (Å²) in [6.07, 6.45) is 5.67. The minimum atomic E-state index is -1.36. The monoisotopic (exact) mass is 217 g/mol. The van der Waals surface area contributed by atoms with Crippen molar-refractivity contribution in [3.63, 3.8) is 0 Å². The third-order valence-electron chi connectivity index (χ3n) is 1.71. The third kappa shape index (κ3) is 2.01. The largest absolute Gasteiger partial charge is 0.374 e. The first-order valence-electron chi connectivity index (χ1n) is 4.09. The minimum absolute atomic E-state index is 0.263. The molecule has 0 fully saturated rings. The van der Waals surface area contributed by atoms with E-state index in [1.165, 1.54) is 10.0 Å². The maximum absolute atomic E-state index is 11.6. The number of anilines is 1. The van der Waals surface area contributed by atoms with Crippen LogP contribution in [0.2, 0.25) is 0 Å². The fourth-order valence-electron chi connectivity index (χ4n) is 1.14. The van der Waals surface area contributed by atoms with Crippen molar-refractivity contribution in [1.29, 1.82) is 0 Å². The summed E-state index contributed by atoms with van der Waals surface area (Å²) >= 11 is 0. The zero-order chi connectivity index (χ0) is 10.9. The molecule has 0 radical (unpaired) electrons. The van der Waals surface area contributed by atoms with Crippen molar-refractivity contribution in [2.45, 2.75) is 0 Å². The van der Waals surface area contributed by atoms with Gasteiger partial charge in [0, 0.05) is 13.1 Å². The van der Waals surface area contributed by atoms with Gasteiger partial charge >= 0.3 is 5.69 Å². The fourth-order valence-corrected chi connectivity index (χ4v) is 2.27. The Bertz CT molecular complexity index is 410. The predicted molar refractivity (Wildman–Crippen MR) is 61.6 cm³/mol. The smallest absolute Gasteiger partial charge is 0.338 e. The Kier molecular flexibility index (Phi) is 2.75. The molecule has 0 aliphatic rings. The SMILES string of the molecule is CNc1cc(=O)n(S(C)(C)C)c(=O)[nH]1. The van der Waals surface area contributed by atoms with Gasteiger partial charge in [-0.25, -0.2) is 8.77 Å². The fraction of sp³-hybridized carbons (Fsp3) is 0.500. The van der Waals surface area contributed by atoms with E-state index in [9.17, 15) is 9.59 Å². The topological polar surface area (TPSA) is 66.9 Å². The maximum atomic E-state index is 11.6. The van der Waals surface area contributed by atoms with Gasteiger partial charge < -0.3 is 5.32 Å². The van der Waals surface area contributed by atoms with E-state index >= 15 is 0 Å². The number of nitrogens with zero attached hydrogens (tertiary/aromatic N) is 1. The number of hydrogen-bond acceptors (Lipinski definition) is 3. The van der Waals surface area contributed by atoms with Crippen LogP contribution in [0.5, 0.6) is 0 Å². The molecule has 0 amide bonds. The number of nitrogens with one attached hydrogen (secondary N) is 2. The average molecular weight is 217 g/mol. The first-order valence-corrected chi connectivity index (χ1v) is 6.90. The van der Waals surface area contributed by atoms with Crippen LogP contribution in [0.3, 0.4) is 0 Å². The second-order valence-corrected chi connectivity index (χ2v) is 7.55. The van der Waals surface area contributed by atoms with E-state index in [1.807, 2.05) is 18.8 Å². The van der Waals surface area contributed by atoms with Gasteiger partial charge in [0.05, 0.1) is 0 Å². The van der Waals surface area contributed by atoms with E-state index < -0.39 is 10.2 Å². The summed E-state index contributed by atoms with van der Waals surface area (Å²) in [5.41, 5.74) is -0.620. The van der Waals surface area contributed by atoms with Crippen LogP contribution in [0, 0.1) is 0 Å². The Balaban J connectivity index is 3.49. The number of aromatic nitrogens is 2. The van der Waals surface area contributed by atoms with E-state index in [0.717, 1.165) is 0 Å². The van der Waals surface area contributed by atoms with Crippen molar-refractivity contribution in [3.8, 4) is 0 Å². The summed E-state index contributed by atoms with van der Waals surface area (Å²) < 4.78 is 1.27. The van der Waals surface area contributed by atoms with Crippen LogP contribution in [0.1, 0.15) is 0 Å². The molecule has 0 saturated heterocycles. The number of aromatic amines is 1. The average Bonchev–Trinajstić information content (AvgIpc) is 1.99. The lowest BCUT2D eigenvalue weighted by atomic mass is 10.6. The molecule has 14 heavy (non-hydrogen) atoms. The molecule has 0 unspecified atom stereocenters. The van der Waals surface area contributed by atoms with Crippen LogP contribution < -0.4 is 16.6 Å². The molecule has 5 nitrogen and oxygen atoms in total. The van der Waals surface area contributed by atoms with Crippen LogP contribution in [0.4, 0.5) is 5.82 Å². The molecule has 1 heterocycles. The summed E-state index contributed by atoms with van der Waals surface area (Å²) in [5, 5.41) is 2.73. The van der Waals surface area contributed by atoms with Gasteiger partial charge in [-0.3, -0.25) is 9.78 Å². The summed E-state index contributed by atoms with van der Waals surface area (Å²) in [4.78, 5) is 25.7. The lowest BCUT2D eigenvalue weighted by molar-refractivity contribution is 0.969. The molecule has 2 N–H and O–H groups in total. The molecule has 6 heteroatoms. The molecule has 0 saturated carbocycles. The van der Waals surface area contributed by atoms with Crippen molar-refractivity contribution >= 4 is 16.0 Å². The normalized spacial score (nSPS) is 12.6. The van der Waals surface area contributed by atoms with Crippen molar-refractivity contribution in [1.82, 2.24) is 8.96 Å². The van der Waals surface area contributed by atoms with E-state index in [-0.39, 0.29) is 11.2 Å². The van der Waals surface area contributed by atoms with Gasteiger partial charge in [0.25, 0.3) is 5.56 Å². The Labute approximate surface area is 83.6 Å². The van der Waals surface area contributed by atoms with Gasteiger partial charge in [0.2, 0.25) is 0 Å². The van der Waals surface area contributed by atoms with E-state index in [4.69, 9.17) is 0 Å². The van der Waals surface area contributed by atoms with E-state index in [1.54, 1.807) is 7.05 Å². The second-order valence-electron chi connectivity index (χ2n) is 3.64. The highest BCUT2D eigenvalue weighted by atomic mass is 32.3. The van der Waals surface area contributed by atoms with Crippen LogP contribution in [0.25, 0.3) is 0 Å². The van der Waals surface area contributed by atoms with Gasteiger partial charge in [-0.1, -0.05) is 0 Å². The highest BCUT2D eigenvalue weighted by Crippen LogP contribution is 2.32. The molecule has 0 aliphatic heterocycles. The number of hydrogen-bond donors (Lipinski definition) is 2. The highest BCUT2D eigenvalue weighted by molar-refractivity contribution is 8.30. The van der Waals surface area contributed by atoms with Crippen molar-refractivity contribution < 1.29 is 0 Å². The predicted octanol–water partition coefficient (Wildman–Crippen LogP) is 0.0354. The summed E-state index contributed by atoms with van der Waals surface area (Å²) in [6.45, 7) is 0.